The van der Waals surface area contributed by atoms with Crippen LogP contribution in [0.15, 0.2) is 72.8 Å². The maximum Gasteiger partial charge on any atom is 0.123 e. The highest BCUT2D eigenvalue weighted by molar-refractivity contribution is 5.86. The zero-order valence-corrected chi connectivity index (χ0v) is 16.1. The summed E-state index contributed by atoms with van der Waals surface area (Å²) in [5, 5.41) is 24.8. The van der Waals surface area contributed by atoms with E-state index in [0.717, 1.165) is 34.0 Å². The van der Waals surface area contributed by atoms with Crippen LogP contribution >= 0.6 is 0 Å². The van der Waals surface area contributed by atoms with Crippen molar-refractivity contribution in [1.82, 2.24) is 9.78 Å². The number of phenolic OH excluding ortho intramolecular Hbond substituents is 1. The van der Waals surface area contributed by atoms with Crippen molar-refractivity contribution < 1.29 is 9.84 Å². The van der Waals surface area contributed by atoms with Gasteiger partial charge in [-0.25, -0.2) is 4.68 Å². The molecule has 0 aliphatic carbocycles. The molecule has 1 aromatic heterocycles. The zero-order valence-electron chi connectivity index (χ0n) is 16.1. The van der Waals surface area contributed by atoms with Crippen molar-refractivity contribution in [3.63, 3.8) is 0 Å². The molecule has 4 rings (SSSR count). The molecule has 0 atom stereocenters. The lowest BCUT2D eigenvalue weighted by Gasteiger charge is -2.09. The van der Waals surface area contributed by atoms with Gasteiger partial charge in [0.25, 0.3) is 0 Å². The summed E-state index contributed by atoms with van der Waals surface area (Å²) >= 11 is 0. The first kappa shape index (κ1) is 18.3. The van der Waals surface area contributed by atoms with Crippen LogP contribution in [0.5, 0.6) is 11.5 Å². The summed E-state index contributed by atoms with van der Waals surface area (Å²) in [6, 6.07) is 24.4. The van der Waals surface area contributed by atoms with Crippen molar-refractivity contribution in [3.8, 4) is 45.6 Å². The van der Waals surface area contributed by atoms with Crippen molar-refractivity contribution in [2.24, 2.45) is 0 Å². The van der Waals surface area contributed by atoms with Gasteiger partial charge in [0.2, 0.25) is 0 Å². The minimum atomic E-state index is 0.106. The van der Waals surface area contributed by atoms with Gasteiger partial charge in [0.15, 0.2) is 0 Å². The normalized spacial score (nSPS) is 10.5. The third-order valence-electron chi connectivity index (χ3n) is 4.88. The first-order valence-electron chi connectivity index (χ1n) is 9.15. The van der Waals surface area contributed by atoms with Gasteiger partial charge < -0.3 is 9.84 Å². The largest absolute Gasteiger partial charge is 0.507 e. The number of benzene rings is 3. The molecular weight excluding hydrogens is 362 g/mol. The van der Waals surface area contributed by atoms with Gasteiger partial charge in [-0.05, 0) is 61.5 Å². The highest BCUT2D eigenvalue weighted by Crippen LogP contribution is 2.40. The molecule has 3 aromatic carbocycles. The van der Waals surface area contributed by atoms with Crippen LogP contribution in [-0.2, 0) is 0 Å². The van der Waals surface area contributed by atoms with E-state index in [-0.39, 0.29) is 5.75 Å². The number of phenols is 1. The Bertz CT molecular complexity index is 1200. The quantitative estimate of drug-likeness (QED) is 0.534. The Balaban J connectivity index is 2.00. The Kier molecular flexibility index (Phi) is 4.76. The molecule has 0 aliphatic heterocycles. The second kappa shape index (κ2) is 7.53. The van der Waals surface area contributed by atoms with Gasteiger partial charge in [0.1, 0.15) is 17.2 Å². The number of hydrogen-bond acceptors (Lipinski definition) is 4. The van der Waals surface area contributed by atoms with Crippen LogP contribution in [0, 0.1) is 18.3 Å². The van der Waals surface area contributed by atoms with Gasteiger partial charge in [0.05, 0.1) is 24.4 Å². The van der Waals surface area contributed by atoms with Crippen molar-refractivity contribution >= 4 is 0 Å². The summed E-state index contributed by atoms with van der Waals surface area (Å²) in [4.78, 5) is 0. The lowest BCUT2D eigenvalue weighted by Crippen LogP contribution is -1.98. The monoisotopic (exact) mass is 381 g/mol. The molecule has 0 saturated heterocycles. The number of ether oxygens (including phenoxy) is 1. The molecule has 1 heterocycles. The topological polar surface area (TPSA) is 71.1 Å². The van der Waals surface area contributed by atoms with Crippen LogP contribution in [0.25, 0.3) is 28.1 Å². The number of hydrogen-bond donors (Lipinski definition) is 1. The predicted molar refractivity (Wildman–Crippen MR) is 112 cm³/mol. The average Bonchev–Trinajstić information content (AvgIpc) is 3.11. The molecule has 1 N–H and O–H groups in total. The Labute approximate surface area is 169 Å². The van der Waals surface area contributed by atoms with Crippen LogP contribution in [0.2, 0.25) is 0 Å². The van der Waals surface area contributed by atoms with Crippen molar-refractivity contribution in [1.29, 1.82) is 5.26 Å². The van der Waals surface area contributed by atoms with E-state index in [1.807, 2.05) is 66.2 Å². The van der Waals surface area contributed by atoms with Gasteiger partial charge in [-0.2, -0.15) is 10.4 Å². The van der Waals surface area contributed by atoms with E-state index < -0.39 is 0 Å². The fourth-order valence-corrected chi connectivity index (χ4v) is 3.40. The summed E-state index contributed by atoms with van der Waals surface area (Å²) in [6.07, 6.45) is 0. The maximum absolute atomic E-state index is 10.6. The Morgan fingerprint density at radius 2 is 1.72 bits per heavy atom. The second-order valence-electron chi connectivity index (χ2n) is 6.63. The smallest absolute Gasteiger partial charge is 0.123 e. The molecule has 29 heavy (non-hydrogen) atoms. The van der Waals surface area contributed by atoms with Crippen molar-refractivity contribution in [3.05, 3.63) is 84.1 Å². The molecule has 0 unspecified atom stereocenters. The lowest BCUT2D eigenvalue weighted by molar-refractivity contribution is 0.415. The van der Waals surface area contributed by atoms with E-state index in [2.05, 4.69) is 6.07 Å². The van der Waals surface area contributed by atoms with Crippen LogP contribution in [0.1, 0.15) is 11.3 Å². The fourth-order valence-electron chi connectivity index (χ4n) is 3.40. The highest BCUT2D eigenvalue weighted by Gasteiger charge is 2.21. The van der Waals surface area contributed by atoms with Gasteiger partial charge >= 0.3 is 0 Å². The lowest BCUT2D eigenvalue weighted by atomic mass is 9.97. The number of para-hydroxylation sites is 1. The third kappa shape index (κ3) is 3.32. The summed E-state index contributed by atoms with van der Waals surface area (Å²) < 4.78 is 7.12. The fraction of sp³-hybridized carbons (Fsp3) is 0.0833. The molecule has 0 radical (unpaired) electrons. The first-order valence-corrected chi connectivity index (χ1v) is 9.15. The Hall–Kier alpha value is -4.04. The van der Waals surface area contributed by atoms with Gasteiger partial charge in [0, 0.05) is 22.4 Å². The SMILES string of the molecule is COc1ccc(-c2nn(-c3ccccc3)c(C)c2-c2cc(C#N)ccc2O)cc1. The van der Waals surface area contributed by atoms with E-state index in [1.165, 1.54) is 0 Å². The Morgan fingerprint density at radius 1 is 1.00 bits per heavy atom. The average molecular weight is 381 g/mol. The van der Waals surface area contributed by atoms with E-state index in [9.17, 15) is 10.4 Å². The van der Waals surface area contributed by atoms with E-state index in [4.69, 9.17) is 9.84 Å². The van der Waals surface area contributed by atoms with Crippen molar-refractivity contribution in [2.45, 2.75) is 6.92 Å². The van der Waals surface area contributed by atoms with Crippen LogP contribution < -0.4 is 4.74 Å². The molecule has 4 aromatic rings. The molecule has 0 aliphatic rings. The number of methoxy groups -OCH3 is 1. The second-order valence-corrected chi connectivity index (χ2v) is 6.63. The molecule has 5 nitrogen and oxygen atoms in total. The molecule has 0 bridgehead atoms. The molecule has 142 valence electrons. The number of aromatic nitrogens is 2. The molecular formula is C24H19N3O2. The van der Waals surface area contributed by atoms with E-state index in [1.54, 1.807) is 25.3 Å². The van der Waals surface area contributed by atoms with E-state index >= 15 is 0 Å². The minimum Gasteiger partial charge on any atom is -0.507 e. The first-order chi connectivity index (χ1) is 14.1. The maximum atomic E-state index is 10.6. The number of nitrogens with zero attached hydrogens (tertiary/aromatic N) is 3. The van der Waals surface area contributed by atoms with Crippen molar-refractivity contribution in [2.75, 3.05) is 7.11 Å². The number of nitriles is 1. The molecule has 5 heteroatoms. The molecule has 0 saturated carbocycles. The van der Waals surface area contributed by atoms with Crippen LogP contribution in [0.4, 0.5) is 0 Å². The molecule has 0 amide bonds. The molecule has 0 fully saturated rings. The van der Waals surface area contributed by atoms with Gasteiger partial charge in [-0.15, -0.1) is 0 Å². The summed E-state index contributed by atoms with van der Waals surface area (Å²) in [5.74, 6) is 0.860. The summed E-state index contributed by atoms with van der Waals surface area (Å²) in [7, 11) is 1.63. The van der Waals surface area contributed by atoms with E-state index in [0.29, 0.717) is 11.1 Å². The van der Waals surface area contributed by atoms with Gasteiger partial charge in [-0.3, -0.25) is 0 Å². The number of aromatic hydroxyl groups is 1. The molecule has 0 spiro atoms. The summed E-state index contributed by atoms with van der Waals surface area (Å²) in [5.41, 5.74) is 5.24. The van der Waals surface area contributed by atoms with Crippen LogP contribution in [-0.4, -0.2) is 22.0 Å². The number of rotatable bonds is 4. The Morgan fingerprint density at radius 3 is 2.38 bits per heavy atom. The minimum absolute atomic E-state index is 0.106. The highest BCUT2D eigenvalue weighted by atomic mass is 16.5. The third-order valence-corrected chi connectivity index (χ3v) is 4.88. The van der Waals surface area contributed by atoms with Crippen LogP contribution in [0.3, 0.4) is 0 Å². The van der Waals surface area contributed by atoms with Gasteiger partial charge in [-0.1, -0.05) is 18.2 Å². The zero-order chi connectivity index (χ0) is 20.4. The standard InChI is InChI=1S/C24H19N3O2/c1-16-23(21-14-17(15-25)8-13-22(21)28)24(18-9-11-20(29-2)12-10-18)26-27(16)19-6-4-3-5-7-19/h3-14,28H,1-2H3. The summed E-state index contributed by atoms with van der Waals surface area (Å²) in [6.45, 7) is 1.96. The predicted octanol–water partition coefficient (Wildman–Crippen LogP) is 5.10.